The van der Waals surface area contributed by atoms with E-state index in [0.717, 1.165) is 52.7 Å². The predicted molar refractivity (Wildman–Crippen MR) is 205 cm³/mol. The van der Waals surface area contributed by atoms with Gasteiger partial charge in [0.15, 0.2) is 0 Å². The molecule has 242 valence electrons. The first-order chi connectivity index (χ1) is 23.7. The van der Waals surface area contributed by atoms with Crippen molar-refractivity contribution in [3.8, 4) is 16.9 Å². The van der Waals surface area contributed by atoms with Crippen molar-refractivity contribution in [2.24, 2.45) is 0 Å². The monoisotopic (exact) mass is 630 g/mol. The Morgan fingerprint density at radius 3 is 1.17 bits per heavy atom. The quantitative estimate of drug-likeness (QED) is 0.105. The summed E-state index contributed by atoms with van der Waals surface area (Å²) >= 11 is 0. The molecule has 0 aromatic heterocycles. The third-order valence-corrected chi connectivity index (χ3v) is 8.86. The van der Waals surface area contributed by atoms with Gasteiger partial charge in [0, 0.05) is 34.1 Å². The highest BCUT2D eigenvalue weighted by atomic mass is 16.5. The number of para-hydroxylation sites is 3. The van der Waals surface area contributed by atoms with Gasteiger partial charge in [0.2, 0.25) is 0 Å². The Hall–Kier alpha value is -5.28. The zero-order chi connectivity index (χ0) is 33.0. The lowest BCUT2D eigenvalue weighted by Crippen LogP contribution is -2.15. The molecule has 0 aliphatic rings. The molecule has 1 atom stereocenters. The lowest BCUT2D eigenvalue weighted by atomic mass is 10.0. The van der Waals surface area contributed by atoms with E-state index < -0.39 is 0 Å². The van der Waals surface area contributed by atoms with Crippen molar-refractivity contribution in [3.63, 3.8) is 0 Å². The van der Waals surface area contributed by atoms with Gasteiger partial charge in [-0.05, 0) is 115 Å². The summed E-state index contributed by atoms with van der Waals surface area (Å²) < 4.78 is 6.41. The van der Waals surface area contributed by atoms with Crippen molar-refractivity contribution in [3.05, 3.63) is 164 Å². The fourth-order valence-corrected chi connectivity index (χ4v) is 6.24. The Labute approximate surface area is 287 Å². The number of rotatable bonds is 15. The van der Waals surface area contributed by atoms with Gasteiger partial charge >= 0.3 is 0 Å². The summed E-state index contributed by atoms with van der Waals surface area (Å²) in [5, 5.41) is 0. The normalized spacial score (nSPS) is 11.5. The van der Waals surface area contributed by atoms with Gasteiger partial charge in [-0.25, -0.2) is 0 Å². The molecule has 1 unspecified atom stereocenters. The van der Waals surface area contributed by atoms with Gasteiger partial charge < -0.3 is 14.5 Å². The highest BCUT2D eigenvalue weighted by Crippen LogP contribution is 2.38. The molecular formula is C45H46N2O. The third-order valence-electron chi connectivity index (χ3n) is 8.86. The predicted octanol–water partition coefficient (Wildman–Crippen LogP) is 13.4. The van der Waals surface area contributed by atoms with Gasteiger partial charge in [-0.3, -0.25) is 0 Å². The number of nitrogens with zero attached hydrogens (tertiary/aromatic N) is 2. The molecule has 6 rings (SSSR count). The summed E-state index contributed by atoms with van der Waals surface area (Å²) in [4.78, 5) is 4.59. The van der Waals surface area contributed by atoms with Crippen LogP contribution in [0.1, 0.15) is 52.4 Å². The average molecular weight is 631 g/mol. The molecule has 0 fully saturated rings. The summed E-state index contributed by atoms with van der Waals surface area (Å²) in [6.45, 7) is 4.48. The fourth-order valence-electron chi connectivity index (χ4n) is 6.24. The highest BCUT2D eigenvalue weighted by molar-refractivity contribution is 5.80. The first-order valence-electron chi connectivity index (χ1n) is 17.5. The first-order valence-corrected chi connectivity index (χ1v) is 17.5. The second kappa shape index (κ2) is 16.5. The number of unbranched alkanes of at least 4 members (excludes halogenated alkanes) is 3. The molecule has 6 aromatic carbocycles. The van der Waals surface area contributed by atoms with E-state index in [-0.39, 0.29) is 6.10 Å². The first kappa shape index (κ1) is 32.7. The maximum absolute atomic E-state index is 6.41. The standard InChI is InChI=1S/C45H46N2O/c1-3-5-6-16-23-44(4-2)48-45-34-32-43(33-35-45)47(40-21-14-9-15-22-40)42-30-26-37(27-31-42)36-24-28-41(29-25-36)46(38-17-10-7-11-18-38)39-19-12-8-13-20-39/h7-15,17-22,24-35,44H,3-6,16,23H2,1-2H3. The van der Waals surface area contributed by atoms with Crippen LogP contribution in [0.15, 0.2) is 164 Å². The Kier molecular flexibility index (Phi) is 11.2. The van der Waals surface area contributed by atoms with Crippen LogP contribution < -0.4 is 14.5 Å². The molecule has 0 aliphatic heterocycles. The van der Waals surface area contributed by atoms with Crippen molar-refractivity contribution in [2.75, 3.05) is 9.80 Å². The van der Waals surface area contributed by atoms with E-state index in [2.05, 4.69) is 187 Å². The number of hydrogen-bond acceptors (Lipinski definition) is 3. The van der Waals surface area contributed by atoms with Crippen molar-refractivity contribution in [1.29, 1.82) is 0 Å². The summed E-state index contributed by atoms with van der Waals surface area (Å²) in [6, 6.07) is 57.9. The molecule has 0 heterocycles. The summed E-state index contributed by atoms with van der Waals surface area (Å²) in [7, 11) is 0. The highest BCUT2D eigenvalue weighted by Gasteiger charge is 2.15. The van der Waals surface area contributed by atoms with Gasteiger partial charge in [0.25, 0.3) is 0 Å². The fraction of sp³-hybridized carbons (Fsp3) is 0.200. The summed E-state index contributed by atoms with van der Waals surface area (Å²) in [6.07, 6.45) is 7.48. The van der Waals surface area contributed by atoms with Crippen LogP contribution in [0.4, 0.5) is 34.1 Å². The van der Waals surface area contributed by atoms with E-state index in [1.807, 2.05) is 0 Å². The molecule has 0 amide bonds. The van der Waals surface area contributed by atoms with E-state index in [4.69, 9.17) is 4.74 Å². The molecule has 0 aliphatic carbocycles. The van der Waals surface area contributed by atoms with E-state index in [1.54, 1.807) is 0 Å². The topological polar surface area (TPSA) is 15.7 Å². The average Bonchev–Trinajstić information content (AvgIpc) is 3.16. The van der Waals surface area contributed by atoms with Crippen LogP contribution in [-0.2, 0) is 0 Å². The van der Waals surface area contributed by atoms with Gasteiger partial charge in [0.05, 0.1) is 6.10 Å². The van der Waals surface area contributed by atoms with Gasteiger partial charge in [0.1, 0.15) is 5.75 Å². The largest absolute Gasteiger partial charge is 0.490 e. The van der Waals surface area contributed by atoms with Crippen LogP contribution >= 0.6 is 0 Å². The van der Waals surface area contributed by atoms with Crippen molar-refractivity contribution >= 4 is 34.1 Å². The third kappa shape index (κ3) is 8.16. The minimum atomic E-state index is 0.263. The zero-order valence-corrected chi connectivity index (χ0v) is 28.2. The lowest BCUT2D eigenvalue weighted by molar-refractivity contribution is 0.182. The Bertz CT molecular complexity index is 1750. The van der Waals surface area contributed by atoms with Crippen LogP contribution in [0.3, 0.4) is 0 Å². The molecular weight excluding hydrogens is 585 g/mol. The van der Waals surface area contributed by atoms with Gasteiger partial charge in [-0.2, -0.15) is 0 Å². The second-order valence-electron chi connectivity index (χ2n) is 12.3. The molecule has 0 saturated carbocycles. The molecule has 0 bridgehead atoms. The van der Waals surface area contributed by atoms with Crippen LogP contribution in [0, 0.1) is 0 Å². The Balaban J connectivity index is 1.22. The summed E-state index contributed by atoms with van der Waals surface area (Å²) in [5.41, 5.74) is 9.07. The van der Waals surface area contributed by atoms with Gasteiger partial charge in [-0.1, -0.05) is 112 Å². The number of benzene rings is 6. The van der Waals surface area contributed by atoms with Crippen LogP contribution in [0.2, 0.25) is 0 Å². The molecule has 0 N–H and O–H groups in total. The number of ether oxygens (including phenoxy) is 1. The van der Waals surface area contributed by atoms with Crippen molar-refractivity contribution < 1.29 is 4.74 Å². The Morgan fingerprint density at radius 2 is 0.792 bits per heavy atom. The zero-order valence-electron chi connectivity index (χ0n) is 28.2. The van der Waals surface area contributed by atoms with Crippen LogP contribution in [-0.4, -0.2) is 6.10 Å². The van der Waals surface area contributed by atoms with Crippen molar-refractivity contribution in [1.82, 2.24) is 0 Å². The minimum absolute atomic E-state index is 0.263. The van der Waals surface area contributed by atoms with Crippen LogP contribution in [0.5, 0.6) is 5.75 Å². The second-order valence-corrected chi connectivity index (χ2v) is 12.3. The summed E-state index contributed by atoms with van der Waals surface area (Å²) in [5.74, 6) is 0.936. The number of hydrogen-bond donors (Lipinski definition) is 0. The minimum Gasteiger partial charge on any atom is -0.490 e. The molecule has 0 saturated heterocycles. The maximum atomic E-state index is 6.41. The molecule has 48 heavy (non-hydrogen) atoms. The SMILES string of the molecule is CCCCCCC(CC)Oc1ccc(N(c2ccccc2)c2ccc(-c3ccc(N(c4ccccc4)c4ccccc4)cc3)cc2)cc1. The smallest absolute Gasteiger partial charge is 0.119 e. The lowest BCUT2D eigenvalue weighted by Gasteiger charge is -2.26. The van der Waals surface area contributed by atoms with E-state index in [0.29, 0.717) is 0 Å². The number of anilines is 6. The molecule has 3 nitrogen and oxygen atoms in total. The Morgan fingerprint density at radius 1 is 0.417 bits per heavy atom. The van der Waals surface area contributed by atoms with Gasteiger partial charge in [-0.15, -0.1) is 0 Å². The van der Waals surface area contributed by atoms with E-state index in [9.17, 15) is 0 Å². The van der Waals surface area contributed by atoms with E-state index in [1.165, 1.54) is 36.8 Å². The molecule has 6 aromatic rings. The van der Waals surface area contributed by atoms with E-state index >= 15 is 0 Å². The van der Waals surface area contributed by atoms with Crippen molar-refractivity contribution in [2.45, 2.75) is 58.5 Å². The maximum Gasteiger partial charge on any atom is 0.119 e. The molecule has 3 heteroatoms. The molecule has 0 radical (unpaired) electrons. The van der Waals surface area contributed by atoms with Crippen LogP contribution in [0.25, 0.3) is 11.1 Å². The molecule has 0 spiro atoms.